The molecule has 0 unspecified atom stereocenters. The summed E-state index contributed by atoms with van der Waals surface area (Å²) in [4.78, 5) is 12.8. The molecular formula is C6H14N2O2. The van der Waals surface area contributed by atoms with Crippen LogP contribution >= 0.6 is 0 Å². The van der Waals surface area contributed by atoms with Crippen molar-refractivity contribution >= 4 is 11.8 Å². The SMILES string of the molecule is CC(=O)O.CN=C(C)NC. The standard InChI is InChI=1S/C4H10N2.C2H4O2/c1-4(5-2)6-3;1-2(3)4/h1-3H3,(H,5,6);1H3,(H,3,4). The first-order valence-electron chi connectivity index (χ1n) is 2.85. The van der Waals surface area contributed by atoms with E-state index in [4.69, 9.17) is 9.90 Å². The van der Waals surface area contributed by atoms with E-state index in [1.54, 1.807) is 7.05 Å². The van der Waals surface area contributed by atoms with E-state index >= 15 is 0 Å². The number of aliphatic carboxylic acids is 1. The van der Waals surface area contributed by atoms with Crippen molar-refractivity contribution in [1.29, 1.82) is 0 Å². The van der Waals surface area contributed by atoms with Crippen LogP contribution in [-0.2, 0) is 4.79 Å². The van der Waals surface area contributed by atoms with Gasteiger partial charge in [-0.25, -0.2) is 0 Å². The molecule has 0 saturated carbocycles. The van der Waals surface area contributed by atoms with Crippen molar-refractivity contribution in [3.8, 4) is 0 Å². The summed E-state index contributed by atoms with van der Waals surface area (Å²) in [6, 6.07) is 0. The molecule has 0 atom stereocenters. The molecule has 60 valence electrons. The topological polar surface area (TPSA) is 61.7 Å². The number of carboxylic acid groups (broad SMARTS) is 1. The highest BCUT2D eigenvalue weighted by molar-refractivity contribution is 5.78. The number of carboxylic acids is 1. The molecule has 0 bridgehead atoms. The van der Waals surface area contributed by atoms with Gasteiger partial charge in [-0.05, 0) is 6.92 Å². The van der Waals surface area contributed by atoms with Crippen molar-refractivity contribution in [2.24, 2.45) is 4.99 Å². The highest BCUT2D eigenvalue weighted by atomic mass is 16.4. The lowest BCUT2D eigenvalue weighted by atomic mass is 10.7. The van der Waals surface area contributed by atoms with E-state index in [1.807, 2.05) is 14.0 Å². The van der Waals surface area contributed by atoms with Gasteiger partial charge in [0.2, 0.25) is 0 Å². The zero-order valence-electron chi connectivity index (χ0n) is 6.80. The van der Waals surface area contributed by atoms with Crippen LogP contribution in [-0.4, -0.2) is 31.0 Å². The molecule has 0 aliphatic carbocycles. The molecule has 0 aromatic heterocycles. The Labute approximate surface area is 61.0 Å². The van der Waals surface area contributed by atoms with Crippen LogP contribution in [0, 0.1) is 0 Å². The zero-order valence-corrected chi connectivity index (χ0v) is 6.80. The van der Waals surface area contributed by atoms with E-state index in [0.717, 1.165) is 12.8 Å². The summed E-state index contributed by atoms with van der Waals surface area (Å²) in [5.74, 6) is 0.134. The Hall–Kier alpha value is -1.06. The maximum absolute atomic E-state index is 9.00. The van der Waals surface area contributed by atoms with Crippen LogP contribution in [0.25, 0.3) is 0 Å². The molecule has 0 heterocycles. The highest BCUT2D eigenvalue weighted by Crippen LogP contribution is 1.59. The summed E-state index contributed by atoms with van der Waals surface area (Å²) >= 11 is 0. The molecule has 0 aliphatic heterocycles. The van der Waals surface area contributed by atoms with Gasteiger partial charge in [0, 0.05) is 21.0 Å². The predicted molar refractivity (Wildman–Crippen MR) is 41.4 cm³/mol. The minimum atomic E-state index is -0.833. The minimum absolute atomic E-state index is 0.833. The van der Waals surface area contributed by atoms with Crippen molar-refractivity contribution in [3.05, 3.63) is 0 Å². The number of hydrogen-bond acceptors (Lipinski definition) is 2. The summed E-state index contributed by atoms with van der Waals surface area (Å²) in [5.41, 5.74) is 0. The Morgan fingerprint density at radius 2 is 1.80 bits per heavy atom. The van der Waals surface area contributed by atoms with Crippen LogP contribution in [0.15, 0.2) is 4.99 Å². The molecule has 0 aliphatic rings. The third-order valence-electron chi connectivity index (χ3n) is 0.697. The zero-order chi connectivity index (χ0) is 8.57. The quantitative estimate of drug-likeness (QED) is 0.383. The van der Waals surface area contributed by atoms with Crippen LogP contribution in [0.5, 0.6) is 0 Å². The third kappa shape index (κ3) is 28.3. The van der Waals surface area contributed by atoms with Crippen molar-refractivity contribution in [3.63, 3.8) is 0 Å². The molecule has 0 aromatic rings. The third-order valence-corrected chi connectivity index (χ3v) is 0.697. The van der Waals surface area contributed by atoms with Gasteiger partial charge in [-0.2, -0.15) is 0 Å². The first kappa shape index (κ1) is 11.7. The number of aliphatic imine (C=N–C) groups is 1. The number of nitrogens with zero attached hydrogens (tertiary/aromatic N) is 1. The molecule has 0 fully saturated rings. The summed E-state index contributed by atoms with van der Waals surface area (Å²) in [6.45, 7) is 3.00. The Morgan fingerprint density at radius 1 is 1.50 bits per heavy atom. The van der Waals surface area contributed by atoms with Gasteiger partial charge in [0.25, 0.3) is 5.97 Å². The Balaban J connectivity index is 0. The van der Waals surface area contributed by atoms with Crippen LogP contribution in [0.3, 0.4) is 0 Å². The van der Waals surface area contributed by atoms with E-state index in [0.29, 0.717) is 0 Å². The van der Waals surface area contributed by atoms with Gasteiger partial charge in [-0.1, -0.05) is 0 Å². The lowest BCUT2D eigenvalue weighted by molar-refractivity contribution is -0.134. The van der Waals surface area contributed by atoms with Gasteiger partial charge < -0.3 is 10.4 Å². The number of rotatable bonds is 0. The second kappa shape index (κ2) is 7.94. The molecule has 0 amide bonds. The van der Waals surface area contributed by atoms with E-state index in [1.165, 1.54) is 0 Å². The Kier molecular flexibility index (Phi) is 9.29. The van der Waals surface area contributed by atoms with E-state index in [-0.39, 0.29) is 0 Å². The van der Waals surface area contributed by atoms with Gasteiger partial charge in [0.05, 0.1) is 5.84 Å². The lowest BCUT2D eigenvalue weighted by Gasteiger charge is -1.90. The molecular weight excluding hydrogens is 132 g/mol. The maximum Gasteiger partial charge on any atom is 0.300 e. The summed E-state index contributed by atoms with van der Waals surface area (Å²) in [5, 5.41) is 10.3. The fourth-order valence-corrected chi connectivity index (χ4v) is 0.112. The number of amidine groups is 1. The summed E-state index contributed by atoms with van der Waals surface area (Å²) < 4.78 is 0. The van der Waals surface area contributed by atoms with Gasteiger partial charge in [-0.15, -0.1) is 0 Å². The number of hydrogen-bond donors (Lipinski definition) is 2. The van der Waals surface area contributed by atoms with E-state index in [9.17, 15) is 0 Å². The summed E-state index contributed by atoms with van der Waals surface area (Å²) in [7, 11) is 3.61. The van der Waals surface area contributed by atoms with Crippen LogP contribution in [0.4, 0.5) is 0 Å². The predicted octanol–water partition coefficient (Wildman–Crippen LogP) is 0.345. The second-order valence-corrected chi connectivity index (χ2v) is 1.58. The monoisotopic (exact) mass is 146 g/mol. The van der Waals surface area contributed by atoms with Crippen LogP contribution < -0.4 is 5.32 Å². The molecule has 4 nitrogen and oxygen atoms in total. The van der Waals surface area contributed by atoms with Crippen LogP contribution in [0.2, 0.25) is 0 Å². The second-order valence-electron chi connectivity index (χ2n) is 1.58. The highest BCUT2D eigenvalue weighted by Gasteiger charge is 1.71. The molecule has 0 spiro atoms. The number of carbonyl (C=O) groups is 1. The number of nitrogens with one attached hydrogen (secondary N) is 1. The van der Waals surface area contributed by atoms with Gasteiger partial charge >= 0.3 is 0 Å². The van der Waals surface area contributed by atoms with E-state index in [2.05, 4.69) is 10.3 Å². The molecule has 2 N–H and O–H groups in total. The largest absolute Gasteiger partial charge is 0.481 e. The molecule has 0 saturated heterocycles. The van der Waals surface area contributed by atoms with E-state index < -0.39 is 5.97 Å². The minimum Gasteiger partial charge on any atom is -0.481 e. The van der Waals surface area contributed by atoms with Gasteiger partial charge in [0.1, 0.15) is 0 Å². The lowest BCUT2D eigenvalue weighted by Crippen LogP contribution is -2.12. The maximum atomic E-state index is 9.00. The molecule has 10 heavy (non-hydrogen) atoms. The molecule has 0 aromatic carbocycles. The average Bonchev–Trinajstić information content (AvgIpc) is 1.85. The Bertz CT molecular complexity index is 117. The smallest absolute Gasteiger partial charge is 0.300 e. The first-order valence-corrected chi connectivity index (χ1v) is 2.85. The van der Waals surface area contributed by atoms with Crippen LogP contribution in [0.1, 0.15) is 13.8 Å². The van der Waals surface area contributed by atoms with Gasteiger partial charge in [0.15, 0.2) is 0 Å². The summed E-state index contributed by atoms with van der Waals surface area (Å²) in [6.07, 6.45) is 0. The average molecular weight is 146 g/mol. The van der Waals surface area contributed by atoms with Crippen molar-refractivity contribution in [2.75, 3.05) is 14.1 Å². The molecule has 0 radical (unpaired) electrons. The fraction of sp³-hybridized carbons (Fsp3) is 0.667. The van der Waals surface area contributed by atoms with Crippen molar-refractivity contribution < 1.29 is 9.90 Å². The van der Waals surface area contributed by atoms with Crippen molar-refractivity contribution in [2.45, 2.75) is 13.8 Å². The Morgan fingerprint density at radius 3 is 1.80 bits per heavy atom. The van der Waals surface area contributed by atoms with Gasteiger partial charge in [-0.3, -0.25) is 9.79 Å². The fourth-order valence-electron chi connectivity index (χ4n) is 0.112. The molecule has 4 heteroatoms. The first-order chi connectivity index (χ1) is 4.54. The molecule has 0 rings (SSSR count). The van der Waals surface area contributed by atoms with Crippen molar-refractivity contribution in [1.82, 2.24) is 5.32 Å². The normalized spacial score (nSPS) is 9.40.